The molecule has 0 aromatic heterocycles. The van der Waals surface area contributed by atoms with Gasteiger partial charge in [-0.1, -0.05) is 28.1 Å². The minimum absolute atomic E-state index is 0.109. The Kier molecular flexibility index (Phi) is 4.42. The first-order valence-electron chi connectivity index (χ1n) is 5.81. The minimum Gasteiger partial charge on any atom is -0.321 e. The van der Waals surface area contributed by atoms with Gasteiger partial charge in [-0.05, 0) is 65.2 Å². The summed E-state index contributed by atoms with van der Waals surface area (Å²) >= 11 is 6.91. The van der Waals surface area contributed by atoms with Crippen LogP contribution in [-0.2, 0) is 0 Å². The number of rotatable bonds is 2. The van der Waals surface area contributed by atoms with Crippen molar-refractivity contribution >= 4 is 43.5 Å². The molecule has 0 bridgehead atoms. The summed E-state index contributed by atoms with van der Waals surface area (Å²) in [7, 11) is 0. The smallest absolute Gasteiger partial charge is 0.255 e. The molecule has 1 N–H and O–H groups in total. The Hall–Kier alpha value is -1.13. The number of carbonyl (C=O) groups excluding carboxylic acids is 1. The molecule has 0 aliphatic rings. The standard InChI is InChI=1S/C15H13Br2NO/c1-9-4-3-5-13(14(9)17)18-15(19)11-6-7-12(16)10(2)8-11/h3-8H,1-2H3,(H,18,19). The van der Waals surface area contributed by atoms with Gasteiger partial charge in [0.05, 0.1) is 5.69 Å². The van der Waals surface area contributed by atoms with Crippen LogP contribution < -0.4 is 5.32 Å². The molecule has 4 heteroatoms. The van der Waals surface area contributed by atoms with Crippen LogP contribution in [0.1, 0.15) is 21.5 Å². The van der Waals surface area contributed by atoms with Crippen molar-refractivity contribution in [1.29, 1.82) is 0 Å². The maximum absolute atomic E-state index is 12.2. The summed E-state index contributed by atoms with van der Waals surface area (Å²) in [6.07, 6.45) is 0. The number of hydrogen-bond acceptors (Lipinski definition) is 1. The molecular weight excluding hydrogens is 370 g/mol. The molecule has 2 aromatic carbocycles. The molecule has 2 nitrogen and oxygen atoms in total. The van der Waals surface area contributed by atoms with Gasteiger partial charge in [0.25, 0.3) is 5.91 Å². The van der Waals surface area contributed by atoms with Gasteiger partial charge < -0.3 is 5.32 Å². The van der Waals surface area contributed by atoms with E-state index < -0.39 is 0 Å². The molecule has 0 saturated heterocycles. The highest BCUT2D eigenvalue weighted by atomic mass is 79.9. The van der Waals surface area contributed by atoms with E-state index in [1.165, 1.54) is 0 Å². The lowest BCUT2D eigenvalue weighted by molar-refractivity contribution is 0.102. The average Bonchev–Trinajstić information content (AvgIpc) is 2.38. The average molecular weight is 383 g/mol. The quantitative estimate of drug-likeness (QED) is 0.770. The number of halogens is 2. The second-order valence-corrected chi connectivity index (χ2v) is 6.00. The van der Waals surface area contributed by atoms with Crippen LogP contribution in [0.15, 0.2) is 45.3 Å². The maximum atomic E-state index is 12.2. The van der Waals surface area contributed by atoms with E-state index in [1.807, 2.05) is 44.2 Å². The molecule has 0 atom stereocenters. The first-order chi connectivity index (χ1) is 8.99. The van der Waals surface area contributed by atoms with Crippen molar-refractivity contribution in [3.8, 4) is 0 Å². The lowest BCUT2D eigenvalue weighted by atomic mass is 10.1. The zero-order valence-corrected chi connectivity index (χ0v) is 13.8. The zero-order chi connectivity index (χ0) is 14.0. The highest BCUT2D eigenvalue weighted by Crippen LogP contribution is 2.26. The fourth-order valence-corrected chi connectivity index (χ4v) is 2.33. The van der Waals surface area contributed by atoms with Crippen LogP contribution in [0.3, 0.4) is 0 Å². The van der Waals surface area contributed by atoms with Gasteiger partial charge in [-0.2, -0.15) is 0 Å². The normalized spacial score (nSPS) is 10.3. The maximum Gasteiger partial charge on any atom is 0.255 e. The number of nitrogens with one attached hydrogen (secondary N) is 1. The number of carbonyl (C=O) groups is 1. The summed E-state index contributed by atoms with van der Waals surface area (Å²) < 4.78 is 1.91. The predicted molar refractivity (Wildman–Crippen MR) is 85.7 cm³/mol. The van der Waals surface area contributed by atoms with Crippen molar-refractivity contribution in [2.45, 2.75) is 13.8 Å². The zero-order valence-electron chi connectivity index (χ0n) is 10.6. The Morgan fingerprint density at radius 2 is 1.79 bits per heavy atom. The molecule has 0 unspecified atom stereocenters. The first kappa shape index (κ1) is 14.3. The lowest BCUT2D eigenvalue weighted by Gasteiger charge is -2.10. The van der Waals surface area contributed by atoms with Crippen molar-refractivity contribution in [3.63, 3.8) is 0 Å². The minimum atomic E-state index is -0.109. The number of aryl methyl sites for hydroxylation is 2. The third-order valence-electron chi connectivity index (χ3n) is 2.86. The van der Waals surface area contributed by atoms with Gasteiger partial charge in [0, 0.05) is 14.5 Å². The van der Waals surface area contributed by atoms with Crippen molar-refractivity contribution < 1.29 is 4.79 Å². The van der Waals surface area contributed by atoms with E-state index in [2.05, 4.69) is 37.2 Å². The van der Waals surface area contributed by atoms with Crippen molar-refractivity contribution in [1.82, 2.24) is 0 Å². The Balaban J connectivity index is 2.26. The van der Waals surface area contributed by atoms with Gasteiger partial charge in [-0.3, -0.25) is 4.79 Å². The van der Waals surface area contributed by atoms with Gasteiger partial charge in [0.1, 0.15) is 0 Å². The predicted octanol–water partition coefficient (Wildman–Crippen LogP) is 5.08. The van der Waals surface area contributed by atoms with Crippen molar-refractivity contribution in [2.75, 3.05) is 5.32 Å². The molecule has 19 heavy (non-hydrogen) atoms. The molecule has 0 heterocycles. The molecule has 2 rings (SSSR count). The van der Waals surface area contributed by atoms with Crippen LogP contribution in [0.5, 0.6) is 0 Å². The van der Waals surface area contributed by atoms with Crippen LogP contribution in [0.25, 0.3) is 0 Å². The van der Waals surface area contributed by atoms with Crippen LogP contribution >= 0.6 is 31.9 Å². The summed E-state index contributed by atoms with van der Waals surface area (Å²) in [6.45, 7) is 3.95. The number of benzene rings is 2. The molecule has 0 fully saturated rings. The fraction of sp³-hybridized carbons (Fsp3) is 0.133. The van der Waals surface area contributed by atoms with Crippen LogP contribution in [0.4, 0.5) is 5.69 Å². The van der Waals surface area contributed by atoms with Gasteiger partial charge >= 0.3 is 0 Å². The van der Waals surface area contributed by atoms with Crippen molar-refractivity contribution in [2.24, 2.45) is 0 Å². The van der Waals surface area contributed by atoms with E-state index in [0.717, 1.165) is 25.8 Å². The third kappa shape index (κ3) is 3.25. The summed E-state index contributed by atoms with van der Waals surface area (Å²) in [6, 6.07) is 11.3. The Morgan fingerprint density at radius 3 is 2.47 bits per heavy atom. The second kappa shape index (κ2) is 5.88. The Labute approximate surface area is 129 Å². The van der Waals surface area contributed by atoms with Gasteiger partial charge in [0.2, 0.25) is 0 Å². The largest absolute Gasteiger partial charge is 0.321 e. The monoisotopic (exact) mass is 381 g/mol. The highest BCUT2D eigenvalue weighted by molar-refractivity contribution is 9.11. The summed E-state index contributed by atoms with van der Waals surface area (Å²) in [4.78, 5) is 12.2. The highest BCUT2D eigenvalue weighted by Gasteiger charge is 2.10. The van der Waals surface area contributed by atoms with E-state index in [9.17, 15) is 4.79 Å². The summed E-state index contributed by atoms with van der Waals surface area (Å²) in [5.41, 5.74) is 3.56. The molecule has 0 aliphatic heterocycles. The van der Waals surface area contributed by atoms with E-state index in [1.54, 1.807) is 6.07 Å². The van der Waals surface area contributed by atoms with Crippen molar-refractivity contribution in [3.05, 3.63) is 62.0 Å². The molecular formula is C15H13Br2NO. The second-order valence-electron chi connectivity index (χ2n) is 4.35. The molecule has 2 aromatic rings. The summed E-state index contributed by atoms with van der Waals surface area (Å²) in [5.74, 6) is -0.109. The van der Waals surface area contributed by atoms with Crippen LogP contribution in [0.2, 0.25) is 0 Å². The molecule has 0 radical (unpaired) electrons. The van der Waals surface area contributed by atoms with Crippen LogP contribution in [-0.4, -0.2) is 5.91 Å². The van der Waals surface area contributed by atoms with Gasteiger partial charge in [-0.15, -0.1) is 0 Å². The van der Waals surface area contributed by atoms with Gasteiger partial charge in [0.15, 0.2) is 0 Å². The summed E-state index contributed by atoms with van der Waals surface area (Å²) in [5, 5.41) is 2.91. The van der Waals surface area contributed by atoms with E-state index in [-0.39, 0.29) is 5.91 Å². The van der Waals surface area contributed by atoms with E-state index in [4.69, 9.17) is 0 Å². The molecule has 0 saturated carbocycles. The number of amides is 1. The Bertz CT molecular complexity index is 638. The lowest BCUT2D eigenvalue weighted by Crippen LogP contribution is -2.12. The fourth-order valence-electron chi connectivity index (χ4n) is 1.72. The Morgan fingerprint density at radius 1 is 1.05 bits per heavy atom. The first-order valence-corrected chi connectivity index (χ1v) is 7.40. The third-order valence-corrected chi connectivity index (χ3v) is 4.80. The molecule has 1 amide bonds. The van der Waals surface area contributed by atoms with Crippen LogP contribution in [0, 0.1) is 13.8 Å². The van der Waals surface area contributed by atoms with E-state index in [0.29, 0.717) is 5.56 Å². The molecule has 98 valence electrons. The SMILES string of the molecule is Cc1cc(C(=O)Nc2cccc(C)c2Br)ccc1Br. The van der Waals surface area contributed by atoms with E-state index >= 15 is 0 Å². The number of hydrogen-bond donors (Lipinski definition) is 1. The number of anilines is 1. The topological polar surface area (TPSA) is 29.1 Å². The molecule has 0 spiro atoms. The molecule has 0 aliphatic carbocycles. The van der Waals surface area contributed by atoms with Gasteiger partial charge in [-0.25, -0.2) is 0 Å².